The van der Waals surface area contributed by atoms with Gasteiger partial charge in [0.1, 0.15) is 5.75 Å². The molecule has 0 saturated heterocycles. The molecule has 0 amide bonds. The first-order valence-electron chi connectivity index (χ1n) is 8.49. The van der Waals surface area contributed by atoms with E-state index in [0.29, 0.717) is 39.8 Å². The van der Waals surface area contributed by atoms with Crippen LogP contribution in [0.25, 0.3) is 0 Å². The zero-order valence-electron chi connectivity index (χ0n) is 14.5. The lowest BCUT2D eigenvalue weighted by Gasteiger charge is -2.10. The van der Waals surface area contributed by atoms with Crippen LogP contribution in [0, 0.1) is 10.1 Å². The first-order valence-corrected chi connectivity index (χ1v) is 8.87. The van der Waals surface area contributed by atoms with E-state index in [1.807, 2.05) is 24.3 Å². The molecule has 138 valence electrons. The molecule has 3 aromatic carbocycles. The third-order valence-electron chi connectivity index (χ3n) is 4.41. The molecule has 1 N–H and O–H groups in total. The van der Waals surface area contributed by atoms with Crippen LogP contribution in [-0.2, 0) is 0 Å². The number of hydrogen-bond donors (Lipinski definition) is 1. The van der Waals surface area contributed by atoms with Gasteiger partial charge in [0, 0.05) is 29.1 Å². The number of fused-ring (bicyclic) bond motifs is 1. The number of aliphatic imine (C=N–C) groups is 2. The number of rotatable bonds is 3. The standard InChI is InChI=1S/C21H14ClN3O3/c22-14-7-10-21(26)16(11-14)20-12-19(13-5-8-15(9-6-13)25(27)28)23-17-3-1-2-4-18(17)24-20/h1-11,26H,12H2. The lowest BCUT2D eigenvalue weighted by molar-refractivity contribution is -0.384. The van der Waals surface area contributed by atoms with E-state index in [0.717, 1.165) is 5.56 Å². The van der Waals surface area contributed by atoms with Gasteiger partial charge in [-0.05, 0) is 48.0 Å². The Labute approximate surface area is 165 Å². The van der Waals surface area contributed by atoms with Crippen molar-refractivity contribution in [2.24, 2.45) is 9.98 Å². The highest BCUT2D eigenvalue weighted by molar-refractivity contribution is 6.31. The molecule has 0 aliphatic carbocycles. The fourth-order valence-corrected chi connectivity index (χ4v) is 3.19. The molecule has 6 nitrogen and oxygen atoms in total. The molecule has 0 fully saturated rings. The highest BCUT2D eigenvalue weighted by Gasteiger charge is 2.19. The Morgan fingerprint density at radius 3 is 2.21 bits per heavy atom. The largest absolute Gasteiger partial charge is 0.507 e. The van der Waals surface area contributed by atoms with Crippen molar-refractivity contribution in [3.63, 3.8) is 0 Å². The molecule has 28 heavy (non-hydrogen) atoms. The number of non-ortho nitro benzene ring substituents is 1. The molecule has 0 spiro atoms. The summed E-state index contributed by atoms with van der Waals surface area (Å²) < 4.78 is 0. The molecule has 7 heteroatoms. The zero-order chi connectivity index (χ0) is 19.7. The van der Waals surface area contributed by atoms with E-state index in [-0.39, 0.29) is 11.4 Å². The lowest BCUT2D eigenvalue weighted by atomic mass is 9.99. The van der Waals surface area contributed by atoms with Crippen LogP contribution >= 0.6 is 11.6 Å². The number of para-hydroxylation sites is 2. The summed E-state index contributed by atoms with van der Waals surface area (Å²) in [7, 11) is 0. The molecule has 0 unspecified atom stereocenters. The molecular weight excluding hydrogens is 378 g/mol. The second kappa shape index (κ2) is 7.25. The van der Waals surface area contributed by atoms with Crippen LogP contribution in [0.15, 0.2) is 76.7 Å². The Balaban J connectivity index is 1.85. The van der Waals surface area contributed by atoms with Crippen molar-refractivity contribution in [1.29, 1.82) is 0 Å². The predicted molar refractivity (Wildman–Crippen MR) is 110 cm³/mol. The molecule has 0 aromatic heterocycles. The maximum absolute atomic E-state index is 10.9. The van der Waals surface area contributed by atoms with Crippen molar-refractivity contribution < 1.29 is 10.0 Å². The summed E-state index contributed by atoms with van der Waals surface area (Å²) in [5.41, 5.74) is 3.95. The fourth-order valence-electron chi connectivity index (χ4n) is 3.02. The van der Waals surface area contributed by atoms with E-state index in [1.165, 1.54) is 18.2 Å². The zero-order valence-corrected chi connectivity index (χ0v) is 15.3. The second-order valence-electron chi connectivity index (χ2n) is 6.25. The Morgan fingerprint density at radius 1 is 0.929 bits per heavy atom. The maximum atomic E-state index is 10.9. The van der Waals surface area contributed by atoms with Gasteiger partial charge in [-0.3, -0.25) is 20.1 Å². The average Bonchev–Trinajstić information content (AvgIpc) is 2.89. The molecule has 0 saturated carbocycles. The van der Waals surface area contributed by atoms with Crippen LogP contribution in [0.4, 0.5) is 17.1 Å². The van der Waals surface area contributed by atoms with E-state index in [9.17, 15) is 15.2 Å². The molecule has 1 aliphatic rings. The molecule has 1 aliphatic heterocycles. The highest BCUT2D eigenvalue weighted by atomic mass is 35.5. The number of nitrogens with zero attached hydrogens (tertiary/aromatic N) is 3. The fraction of sp³-hybridized carbons (Fsp3) is 0.0476. The number of nitro groups is 1. The van der Waals surface area contributed by atoms with Gasteiger partial charge in [0.2, 0.25) is 0 Å². The van der Waals surface area contributed by atoms with Gasteiger partial charge in [-0.2, -0.15) is 0 Å². The van der Waals surface area contributed by atoms with Gasteiger partial charge in [0.25, 0.3) is 5.69 Å². The second-order valence-corrected chi connectivity index (χ2v) is 6.68. The number of hydrogen-bond acceptors (Lipinski definition) is 5. The Bertz CT molecular complexity index is 1140. The number of phenolic OH excluding ortho intramolecular Hbond substituents is 1. The van der Waals surface area contributed by atoms with Crippen molar-refractivity contribution in [3.05, 3.63) is 93.0 Å². The first-order chi connectivity index (χ1) is 13.5. The summed E-state index contributed by atoms with van der Waals surface area (Å²) in [5.74, 6) is 0.0746. The molecular formula is C21H14ClN3O3. The average molecular weight is 392 g/mol. The van der Waals surface area contributed by atoms with Crippen molar-refractivity contribution >= 4 is 40.1 Å². The minimum Gasteiger partial charge on any atom is -0.507 e. The van der Waals surface area contributed by atoms with Crippen molar-refractivity contribution in [3.8, 4) is 5.75 Å². The van der Waals surface area contributed by atoms with Crippen LogP contribution in [0.1, 0.15) is 17.5 Å². The Kier molecular flexibility index (Phi) is 4.63. The van der Waals surface area contributed by atoms with E-state index in [4.69, 9.17) is 21.6 Å². The van der Waals surface area contributed by atoms with Crippen molar-refractivity contribution in [1.82, 2.24) is 0 Å². The van der Waals surface area contributed by atoms with Crippen LogP contribution in [0.3, 0.4) is 0 Å². The topological polar surface area (TPSA) is 88.1 Å². The number of aromatic hydroxyl groups is 1. The van der Waals surface area contributed by atoms with Gasteiger partial charge in [0.05, 0.1) is 27.7 Å². The summed E-state index contributed by atoms with van der Waals surface area (Å²) >= 11 is 6.12. The predicted octanol–water partition coefficient (Wildman–Crippen LogP) is 5.60. The summed E-state index contributed by atoms with van der Waals surface area (Å²) in [5, 5.41) is 21.7. The van der Waals surface area contributed by atoms with E-state index in [1.54, 1.807) is 24.3 Å². The summed E-state index contributed by atoms with van der Waals surface area (Å²) in [6.45, 7) is 0. The quantitative estimate of drug-likeness (QED) is 0.465. The summed E-state index contributed by atoms with van der Waals surface area (Å²) in [6, 6.07) is 18.5. The lowest BCUT2D eigenvalue weighted by Crippen LogP contribution is -2.10. The molecule has 3 aromatic rings. The van der Waals surface area contributed by atoms with Crippen LogP contribution in [0.2, 0.25) is 5.02 Å². The number of benzene rings is 3. The van der Waals surface area contributed by atoms with Crippen molar-refractivity contribution in [2.75, 3.05) is 0 Å². The van der Waals surface area contributed by atoms with Crippen LogP contribution in [0.5, 0.6) is 5.75 Å². The highest BCUT2D eigenvalue weighted by Crippen LogP contribution is 2.34. The monoisotopic (exact) mass is 391 g/mol. The van der Waals surface area contributed by atoms with Crippen LogP contribution < -0.4 is 0 Å². The van der Waals surface area contributed by atoms with E-state index < -0.39 is 4.92 Å². The molecule has 1 heterocycles. The van der Waals surface area contributed by atoms with Gasteiger partial charge >= 0.3 is 0 Å². The molecule has 0 bridgehead atoms. The smallest absolute Gasteiger partial charge is 0.269 e. The SMILES string of the molecule is O=[N+]([O-])c1ccc(C2=Nc3ccccc3N=C(c3cc(Cl)ccc3O)C2)cc1. The van der Waals surface area contributed by atoms with E-state index in [2.05, 4.69) is 0 Å². The minimum atomic E-state index is -0.440. The van der Waals surface area contributed by atoms with Gasteiger partial charge in [-0.25, -0.2) is 0 Å². The van der Waals surface area contributed by atoms with Gasteiger partial charge in [-0.15, -0.1) is 0 Å². The Hall–Kier alpha value is -3.51. The van der Waals surface area contributed by atoms with E-state index >= 15 is 0 Å². The van der Waals surface area contributed by atoms with Gasteiger partial charge < -0.3 is 5.11 Å². The van der Waals surface area contributed by atoms with Crippen molar-refractivity contribution in [2.45, 2.75) is 6.42 Å². The normalized spacial score (nSPS) is 13.2. The molecule has 0 atom stereocenters. The van der Waals surface area contributed by atoms with Crippen LogP contribution in [-0.4, -0.2) is 21.5 Å². The third kappa shape index (κ3) is 3.50. The number of halogens is 1. The molecule has 0 radical (unpaired) electrons. The van der Waals surface area contributed by atoms with Gasteiger partial charge in [0.15, 0.2) is 0 Å². The van der Waals surface area contributed by atoms with Gasteiger partial charge in [-0.1, -0.05) is 23.7 Å². The Morgan fingerprint density at radius 2 is 1.57 bits per heavy atom. The minimum absolute atomic E-state index is 0.0137. The summed E-state index contributed by atoms with van der Waals surface area (Å²) in [6.07, 6.45) is 0.334. The summed E-state index contributed by atoms with van der Waals surface area (Å²) in [4.78, 5) is 19.9. The first kappa shape index (κ1) is 17.9. The maximum Gasteiger partial charge on any atom is 0.269 e. The third-order valence-corrected chi connectivity index (χ3v) is 4.64. The number of phenols is 1. The molecule has 4 rings (SSSR count). The number of nitro benzene ring substituents is 1.